The van der Waals surface area contributed by atoms with Crippen LogP contribution < -0.4 is 0 Å². The average molecular weight is 466 g/mol. The summed E-state index contributed by atoms with van der Waals surface area (Å²) in [5, 5.41) is 10.5. The van der Waals surface area contributed by atoms with Crippen molar-refractivity contribution in [2.24, 2.45) is 0 Å². The lowest BCUT2D eigenvalue weighted by Gasteiger charge is -2.35. The summed E-state index contributed by atoms with van der Waals surface area (Å²) < 4.78 is 35.7. The van der Waals surface area contributed by atoms with Crippen molar-refractivity contribution in [3.05, 3.63) is 65.4 Å². The second-order valence-corrected chi connectivity index (χ2v) is 11.1. The number of hydrogen-bond acceptors (Lipinski definition) is 5. The Morgan fingerprint density at radius 1 is 1.15 bits per heavy atom. The highest BCUT2D eigenvalue weighted by Crippen LogP contribution is 2.41. The summed E-state index contributed by atoms with van der Waals surface area (Å²) in [5.74, 6) is 0. The molecule has 172 valence electrons. The number of benzene rings is 2. The predicted octanol–water partition coefficient (Wildman–Crippen LogP) is 4.93. The van der Waals surface area contributed by atoms with E-state index < -0.39 is 27.8 Å². The maximum absolute atomic E-state index is 13.6. The third-order valence-electron chi connectivity index (χ3n) is 5.75. The number of sulfonamides is 1. The molecule has 0 spiro atoms. The van der Waals surface area contributed by atoms with E-state index in [1.54, 1.807) is 45.0 Å². The minimum Gasteiger partial charge on any atom is -0.443 e. The molecule has 4 rings (SSSR count). The van der Waals surface area contributed by atoms with E-state index >= 15 is 0 Å². The molecule has 0 saturated heterocycles. The molecule has 33 heavy (non-hydrogen) atoms. The monoisotopic (exact) mass is 465 g/mol. The summed E-state index contributed by atoms with van der Waals surface area (Å²) in [7, 11) is -3.89. The Morgan fingerprint density at radius 3 is 2.45 bits per heavy atom. The maximum Gasteiger partial charge on any atom is 0.419 e. The lowest BCUT2D eigenvalue weighted by Crippen LogP contribution is -2.41. The standard InChI is InChI=1S/C25H27N3O4S/c1-17-9-11-18(12-10-17)33(30,31)27-16-14-20-19-7-5-6-8-21(19)28(23(20)22(27)13-15-26)24(29)32-25(2,3)4/h5-12,22H,13-14,16H2,1-4H3. The molecule has 7 nitrogen and oxygen atoms in total. The van der Waals surface area contributed by atoms with E-state index in [1.807, 2.05) is 31.2 Å². The zero-order valence-electron chi connectivity index (χ0n) is 19.2. The van der Waals surface area contributed by atoms with E-state index in [0.29, 0.717) is 17.6 Å². The Kier molecular flexibility index (Phi) is 5.81. The number of nitrogens with zero attached hydrogens (tertiary/aromatic N) is 3. The number of aryl methyl sites for hydroxylation is 1. The van der Waals surface area contributed by atoms with Crippen LogP contribution in [0.25, 0.3) is 10.9 Å². The molecule has 0 saturated carbocycles. The highest BCUT2D eigenvalue weighted by atomic mass is 32.2. The molecule has 0 N–H and O–H groups in total. The molecule has 0 amide bonds. The van der Waals surface area contributed by atoms with E-state index in [0.717, 1.165) is 16.5 Å². The maximum atomic E-state index is 13.6. The molecule has 1 aliphatic heterocycles. The molecule has 1 aliphatic rings. The van der Waals surface area contributed by atoms with Crippen LogP contribution in [0.2, 0.25) is 0 Å². The first kappa shape index (κ1) is 23.0. The SMILES string of the molecule is Cc1ccc(S(=O)(=O)N2CCc3c(n(C(=O)OC(C)(C)C)c4ccccc34)C2CC#N)cc1. The van der Waals surface area contributed by atoms with Crippen molar-refractivity contribution in [1.29, 1.82) is 5.26 Å². The van der Waals surface area contributed by atoms with Crippen LogP contribution in [0.1, 0.15) is 50.1 Å². The molecular formula is C25H27N3O4S. The Labute approximate surface area is 194 Å². The van der Waals surface area contributed by atoms with E-state index in [1.165, 1.54) is 8.87 Å². The molecule has 0 bridgehead atoms. The number of ether oxygens (including phenoxy) is 1. The fraction of sp³-hybridized carbons (Fsp3) is 0.360. The van der Waals surface area contributed by atoms with Crippen LogP contribution in [0.15, 0.2) is 53.4 Å². The average Bonchev–Trinajstić information content (AvgIpc) is 3.08. The van der Waals surface area contributed by atoms with Crippen molar-refractivity contribution in [2.45, 2.75) is 57.1 Å². The topological polar surface area (TPSA) is 92.4 Å². The molecule has 0 aliphatic carbocycles. The first-order chi connectivity index (χ1) is 15.5. The van der Waals surface area contributed by atoms with Gasteiger partial charge in [0.15, 0.2) is 0 Å². The van der Waals surface area contributed by atoms with Crippen molar-refractivity contribution in [3.8, 4) is 6.07 Å². The number of hydrogen-bond donors (Lipinski definition) is 0. The van der Waals surface area contributed by atoms with Crippen LogP contribution >= 0.6 is 0 Å². The molecule has 3 aromatic rings. The number of nitriles is 1. The van der Waals surface area contributed by atoms with Crippen molar-refractivity contribution < 1.29 is 17.9 Å². The Balaban J connectivity index is 1.92. The molecule has 0 fully saturated rings. The molecule has 2 aromatic carbocycles. The van der Waals surface area contributed by atoms with Gasteiger partial charge in [-0.1, -0.05) is 35.9 Å². The van der Waals surface area contributed by atoms with Crippen LogP contribution in [-0.4, -0.2) is 35.5 Å². The zero-order chi connectivity index (χ0) is 24.0. The van der Waals surface area contributed by atoms with Crippen molar-refractivity contribution in [1.82, 2.24) is 8.87 Å². The molecule has 1 atom stereocenters. The van der Waals surface area contributed by atoms with Gasteiger partial charge in [-0.05, 0) is 57.9 Å². The van der Waals surface area contributed by atoms with Crippen LogP contribution in [0.3, 0.4) is 0 Å². The van der Waals surface area contributed by atoms with Crippen molar-refractivity contribution in [3.63, 3.8) is 0 Å². The van der Waals surface area contributed by atoms with Gasteiger partial charge in [-0.25, -0.2) is 17.8 Å². The highest BCUT2D eigenvalue weighted by Gasteiger charge is 2.41. The number of fused-ring (bicyclic) bond motifs is 3. The van der Waals surface area contributed by atoms with Gasteiger partial charge in [0, 0.05) is 11.9 Å². The van der Waals surface area contributed by atoms with Gasteiger partial charge >= 0.3 is 6.09 Å². The first-order valence-electron chi connectivity index (χ1n) is 10.9. The van der Waals surface area contributed by atoms with E-state index in [2.05, 4.69) is 6.07 Å². The van der Waals surface area contributed by atoms with Crippen LogP contribution in [0.5, 0.6) is 0 Å². The summed E-state index contributed by atoms with van der Waals surface area (Å²) in [5.41, 5.74) is 2.26. The molecule has 8 heteroatoms. The smallest absolute Gasteiger partial charge is 0.419 e. The Morgan fingerprint density at radius 2 is 1.82 bits per heavy atom. The third kappa shape index (κ3) is 4.14. The predicted molar refractivity (Wildman–Crippen MR) is 125 cm³/mol. The van der Waals surface area contributed by atoms with Crippen LogP contribution in [0.4, 0.5) is 4.79 Å². The number of rotatable bonds is 3. The van der Waals surface area contributed by atoms with Gasteiger partial charge < -0.3 is 4.74 Å². The normalized spacial score (nSPS) is 16.9. The first-order valence-corrected chi connectivity index (χ1v) is 12.3. The fourth-order valence-corrected chi connectivity index (χ4v) is 5.97. The van der Waals surface area contributed by atoms with Gasteiger partial charge in [0.2, 0.25) is 10.0 Å². The van der Waals surface area contributed by atoms with E-state index in [-0.39, 0.29) is 17.9 Å². The lowest BCUT2D eigenvalue weighted by atomic mass is 9.97. The largest absolute Gasteiger partial charge is 0.443 e. The van der Waals surface area contributed by atoms with Gasteiger partial charge in [-0.2, -0.15) is 9.57 Å². The molecule has 1 unspecified atom stereocenters. The lowest BCUT2D eigenvalue weighted by molar-refractivity contribution is 0.0532. The van der Waals surface area contributed by atoms with Gasteiger partial charge in [0.05, 0.1) is 34.6 Å². The third-order valence-corrected chi connectivity index (χ3v) is 7.68. The number of para-hydroxylation sites is 1. The molecule has 1 aromatic heterocycles. The second-order valence-electron chi connectivity index (χ2n) is 9.25. The minimum absolute atomic E-state index is 0.0861. The minimum atomic E-state index is -3.89. The van der Waals surface area contributed by atoms with Crippen molar-refractivity contribution in [2.75, 3.05) is 6.54 Å². The number of carbonyl (C=O) groups is 1. The molecule has 0 radical (unpaired) electrons. The highest BCUT2D eigenvalue weighted by molar-refractivity contribution is 7.89. The Bertz CT molecular complexity index is 1360. The molecule has 2 heterocycles. The van der Waals surface area contributed by atoms with E-state index in [4.69, 9.17) is 4.74 Å². The summed E-state index contributed by atoms with van der Waals surface area (Å²) >= 11 is 0. The number of aromatic nitrogens is 1. The van der Waals surface area contributed by atoms with E-state index in [9.17, 15) is 18.5 Å². The van der Waals surface area contributed by atoms with Gasteiger partial charge in [0.25, 0.3) is 0 Å². The second kappa shape index (κ2) is 8.32. The summed E-state index contributed by atoms with van der Waals surface area (Å²) in [6.45, 7) is 7.46. The summed E-state index contributed by atoms with van der Waals surface area (Å²) in [6, 6.07) is 15.4. The van der Waals surface area contributed by atoms with Crippen LogP contribution in [-0.2, 0) is 21.2 Å². The van der Waals surface area contributed by atoms with Crippen molar-refractivity contribution >= 4 is 27.0 Å². The Hall–Kier alpha value is -3.15. The fourth-order valence-electron chi connectivity index (χ4n) is 4.38. The van der Waals surface area contributed by atoms with Gasteiger partial charge in [-0.15, -0.1) is 0 Å². The molecular weight excluding hydrogens is 438 g/mol. The quantitative estimate of drug-likeness (QED) is 0.547. The number of carbonyl (C=O) groups excluding carboxylic acids is 1. The van der Waals surface area contributed by atoms with Gasteiger partial charge in [-0.3, -0.25) is 0 Å². The van der Waals surface area contributed by atoms with Gasteiger partial charge in [0.1, 0.15) is 5.60 Å². The van der Waals surface area contributed by atoms with Crippen LogP contribution in [0, 0.1) is 18.3 Å². The zero-order valence-corrected chi connectivity index (χ0v) is 20.0. The summed E-state index contributed by atoms with van der Waals surface area (Å²) in [6.07, 6.45) is -0.243. The summed E-state index contributed by atoms with van der Waals surface area (Å²) in [4.78, 5) is 13.5.